The Labute approximate surface area is 94.6 Å². The molecule has 0 aromatic carbocycles. The molecule has 0 spiro atoms. The molecule has 0 radical (unpaired) electrons. The SMILES string of the molecule is CCC(C)N1C[C@]2(C)CN(C)C[C@]2(C)C1. The molecule has 2 saturated heterocycles. The molecule has 0 aromatic heterocycles. The normalized spacial score (nSPS) is 44.6. The monoisotopic (exact) mass is 210 g/mol. The van der Waals surface area contributed by atoms with Crippen molar-refractivity contribution in [1.82, 2.24) is 9.80 Å². The van der Waals surface area contributed by atoms with E-state index >= 15 is 0 Å². The maximum absolute atomic E-state index is 2.70. The summed E-state index contributed by atoms with van der Waals surface area (Å²) in [6, 6.07) is 0.759. The fourth-order valence-corrected chi connectivity index (χ4v) is 3.63. The minimum absolute atomic E-state index is 0.519. The highest BCUT2D eigenvalue weighted by Crippen LogP contribution is 2.51. The van der Waals surface area contributed by atoms with Gasteiger partial charge in [-0.15, -0.1) is 0 Å². The average Bonchev–Trinajstić information content (AvgIpc) is 2.47. The number of nitrogens with zero attached hydrogens (tertiary/aromatic N) is 2. The summed E-state index contributed by atoms with van der Waals surface area (Å²) in [7, 11) is 2.27. The van der Waals surface area contributed by atoms with E-state index in [0.717, 1.165) is 6.04 Å². The lowest BCUT2D eigenvalue weighted by atomic mass is 9.71. The first-order chi connectivity index (χ1) is 6.90. The van der Waals surface area contributed by atoms with E-state index in [1.54, 1.807) is 0 Å². The van der Waals surface area contributed by atoms with Gasteiger partial charge in [0.05, 0.1) is 0 Å². The lowest BCUT2D eigenvalue weighted by molar-refractivity contribution is 0.197. The van der Waals surface area contributed by atoms with Gasteiger partial charge in [-0.2, -0.15) is 0 Å². The molecule has 15 heavy (non-hydrogen) atoms. The highest BCUT2D eigenvalue weighted by atomic mass is 15.3. The minimum atomic E-state index is 0.519. The number of likely N-dealkylation sites (tertiary alicyclic amines) is 2. The molecule has 2 fully saturated rings. The summed E-state index contributed by atoms with van der Waals surface area (Å²) < 4.78 is 0. The summed E-state index contributed by atoms with van der Waals surface area (Å²) in [6.07, 6.45) is 1.28. The van der Waals surface area contributed by atoms with E-state index in [1.165, 1.54) is 32.6 Å². The molecule has 0 amide bonds. The molecule has 0 N–H and O–H groups in total. The summed E-state index contributed by atoms with van der Waals surface area (Å²) in [5.41, 5.74) is 1.04. The zero-order valence-corrected chi connectivity index (χ0v) is 11.0. The van der Waals surface area contributed by atoms with E-state index in [2.05, 4.69) is 44.5 Å². The quantitative estimate of drug-likeness (QED) is 0.688. The summed E-state index contributed by atoms with van der Waals surface area (Å²) in [6.45, 7) is 14.8. The second-order valence-corrected chi connectivity index (χ2v) is 6.46. The number of hydrogen-bond donors (Lipinski definition) is 0. The van der Waals surface area contributed by atoms with Crippen LogP contribution in [0.1, 0.15) is 34.1 Å². The first kappa shape index (κ1) is 11.4. The Morgan fingerprint density at radius 2 is 1.53 bits per heavy atom. The standard InChI is InChI=1S/C13H26N2/c1-6-11(2)15-9-12(3)7-14(5)8-13(12,4)10-15/h11H,6-10H2,1-5H3/t11?,12-,13+. The van der Waals surface area contributed by atoms with Crippen LogP contribution < -0.4 is 0 Å². The van der Waals surface area contributed by atoms with Gasteiger partial charge in [-0.3, -0.25) is 4.90 Å². The molecule has 2 rings (SSSR count). The highest BCUT2D eigenvalue weighted by molar-refractivity contribution is 5.09. The van der Waals surface area contributed by atoms with Gasteiger partial charge in [0.2, 0.25) is 0 Å². The molecule has 0 aliphatic carbocycles. The van der Waals surface area contributed by atoms with E-state index in [4.69, 9.17) is 0 Å². The van der Waals surface area contributed by atoms with Gasteiger partial charge in [-0.05, 0) is 20.4 Å². The van der Waals surface area contributed by atoms with E-state index in [-0.39, 0.29) is 0 Å². The van der Waals surface area contributed by atoms with Gasteiger partial charge < -0.3 is 4.90 Å². The fraction of sp³-hybridized carbons (Fsp3) is 1.00. The zero-order chi connectivity index (χ0) is 11.3. The van der Waals surface area contributed by atoms with Crippen molar-refractivity contribution in [3.8, 4) is 0 Å². The Morgan fingerprint density at radius 1 is 1.07 bits per heavy atom. The van der Waals surface area contributed by atoms with Gasteiger partial charge in [0, 0.05) is 43.1 Å². The Bertz CT molecular complexity index is 233. The zero-order valence-electron chi connectivity index (χ0n) is 11.0. The van der Waals surface area contributed by atoms with Crippen molar-refractivity contribution < 1.29 is 0 Å². The predicted octanol–water partition coefficient (Wildman–Crippen LogP) is 2.06. The Hall–Kier alpha value is -0.0800. The van der Waals surface area contributed by atoms with Crippen LogP contribution in [0.25, 0.3) is 0 Å². The molecule has 88 valence electrons. The van der Waals surface area contributed by atoms with Crippen molar-refractivity contribution >= 4 is 0 Å². The summed E-state index contributed by atoms with van der Waals surface area (Å²) in [5.74, 6) is 0. The molecular formula is C13H26N2. The second-order valence-electron chi connectivity index (χ2n) is 6.46. The Kier molecular flexibility index (Phi) is 2.63. The van der Waals surface area contributed by atoms with Crippen LogP contribution >= 0.6 is 0 Å². The van der Waals surface area contributed by atoms with Crippen molar-refractivity contribution in [3.63, 3.8) is 0 Å². The molecular weight excluding hydrogens is 184 g/mol. The molecule has 0 bridgehead atoms. The minimum Gasteiger partial charge on any atom is -0.305 e. The van der Waals surface area contributed by atoms with E-state index in [0.29, 0.717) is 10.8 Å². The third-order valence-electron chi connectivity index (χ3n) is 5.01. The van der Waals surface area contributed by atoms with Crippen LogP contribution in [0.3, 0.4) is 0 Å². The maximum Gasteiger partial charge on any atom is 0.00647 e. The fourth-order valence-electron chi connectivity index (χ4n) is 3.63. The summed E-state index contributed by atoms with van der Waals surface area (Å²) >= 11 is 0. The van der Waals surface area contributed by atoms with Crippen LogP contribution in [0.15, 0.2) is 0 Å². The number of hydrogen-bond acceptors (Lipinski definition) is 2. The third-order valence-corrected chi connectivity index (χ3v) is 5.01. The van der Waals surface area contributed by atoms with Gasteiger partial charge in [0.25, 0.3) is 0 Å². The van der Waals surface area contributed by atoms with Gasteiger partial charge in [0.15, 0.2) is 0 Å². The second kappa shape index (κ2) is 3.46. The lowest BCUT2D eigenvalue weighted by Crippen LogP contribution is -2.35. The van der Waals surface area contributed by atoms with Gasteiger partial charge in [0.1, 0.15) is 0 Å². The largest absolute Gasteiger partial charge is 0.305 e. The van der Waals surface area contributed by atoms with Crippen LogP contribution in [0.2, 0.25) is 0 Å². The van der Waals surface area contributed by atoms with Crippen LogP contribution in [0, 0.1) is 10.8 Å². The molecule has 2 nitrogen and oxygen atoms in total. The molecule has 1 unspecified atom stereocenters. The molecule has 0 aromatic rings. The van der Waals surface area contributed by atoms with Gasteiger partial charge >= 0.3 is 0 Å². The molecule has 2 aliphatic rings. The van der Waals surface area contributed by atoms with E-state index < -0.39 is 0 Å². The van der Waals surface area contributed by atoms with Gasteiger partial charge in [-0.1, -0.05) is 20.8 Å². The molecule has 2 aliphatic heterocycles. The topological polar surface area (TPSA) is 6.48 Å². The molecule has 2 heteroatoms. The van der Waals surface area contributed by atoms with Crippen LogP contribution in [-0.2, 0) is 0 Å². The van der Waals surface area contributed by atoms with Crippen molar-refractivity contribution in [3.05, 3.63) is 0 Å². The Balaban J connectivity index is 2.14. The first-order valence-corrected chi connectivity index (χ1v) is 6.33. The van der Waals surface area contributed by atoms with Crippen molar-refractivity contribution in [2.24, 2.45) is 10.8 Å². The molecule has 0 saturated carbocycles. The summed E-state index contributed by atoms with van der Waals surface area (Å²) in [5, 5.41) is 0. The smallest absolute Gasteiger partial charge is 0.00647 e. The first-order valence-electron chi connectivity index (χ1n) is 6.33. The maximum atomic E-state index is 2.70. The predicted molar refractivity (Wildman–Crippen MR) is 65.0 cm³/mol. The summed E-state index contributed by atoms with van der Waals surface area (Å²) in [4.78, 5) is 5.21. The molecule has 2 heterocycles. The third kappa shape index (κ3) is 1.62. The molecule has 3 atom stereocenters. The van der Waals surface area contributed by atoms with Gasteiger partial charge in [-0.25, -0.2) is 0 Å². The van der Waals surface area contributed by atoms with Crippen molar-refractivity contribution in [2.45, 2.75) is 40.2 Å². The van der Waals surface area contributed by atoms with E-state index in [9.17, 15) is 0 Å². The van der Waals surface area contributed by atoms with E-state index in [1.807, 2.05) is 0 Å². The Morgan fingerprint density at radius 3 is 1.93 bits per heavy atom. The number of fused-ring (bicyclic) bond motifs is 1. The lowest BCUT2D eigenvalue weighted by Gasteiger charge is -2.31. The van der Waals surface area contributed by atoms with Crippen LogP contribution in [0.4, 0.5) is 0 Å². The van der Waals surface area contributed by atoms with Crippen molar-refractivity contribution in [2.75, 3.05) is 33.2 Å². The van der Waals surface area contributed by atoms with Crippen LogP contribution in [-0.4, -0.2) is 49.1 Å². The van der Waals surface area contributed by atoms with Crippen molar-refractivity contribution in [1.29, 1.82) is 0 Å². The number of rotatable bonds is 2. The average molecular weight is 210 g/mol. The highest BCUT2D eigenvalue weighted by Gasteiger charge is 2.56. The van der Waals surface area contributed by atoms with Crippen LogP contribution in [0.5, 0.6) is 0 Å².